The molecule has 3 fully saturated rings. The fourth-order valence-electron chi connectivity index (χ4n) is 3.64. The maximum atomic E-state index is 12.6. The van der Waals surface area contributed by atoms with Gasteiger partial charge in [0.2, 0.25) is 5.91 Å². The monoisotopic (exact) mass is 293 g/mol. The van der Waals surface area contributed by atoms with E-state index < -0.39 is 5.72 Å². The molecule has 2 amide bonds. The summed E-state index contributed by atoms with van der Waals surface area (Å²) in [4.78, 5) is 32.5. The maximum absolute atomic E-state index is 12.6. The molecule has 0 bridgehead atoms. The Labute approximate surface area is 120 Å². The molecule has 0 radical (unpaired) electrons. The Morgan fingerprint density at radius 2 is 2.40 bits per heavy atom. The van der Waals surface area contributed by atoms with E-state index in [0.717, 1.165) is 5.01 Å². The smallest absolute Gasteiger partial charge is 0.273 e. The first-order valence-electron chi connectivity index (χ1n) is 6.79. The van der Waals surface area contributed by atoms with Gasteiger partial charge in [0.05, 0.1) is 24.1 Å². The van der Waals surface area contributed by atoms with E-state index in [2.05, 4.69) is 4.98 Å². The van der Waals surface area contributed by atoms with Crippen LogP contribution < -0.4 is 0 Å². The first-order valence-corrected chi connectivity index (χ1v) is 7.67. The van der Waals surface area contributed by atoms with Crippen LogP contribution in [0.15, 0.2) is 5.38 Å². The summed E-state index contributed by atoms with van der Waals surface area (Å²) in [5.74, 6) is 0.0147. The summed E-state index contributed by atoms with van der Waals surface area (Å²) >= 11 is 1.47. The van der Waals surface area contributed by atoms with Crippen molar-refractivity contribution >= 4 is 23.2 Å². The molecule has 0 aliphatic carbocycles. The topological polar surface area (TPSA) is 62.7 Å². The zero-order valence-electron chi connectivity index (χ0n) is 11.2. The number of carbonyl (C=O) groups excluding carboxylic acids is 2. The van der Waals surface area contributed by atoms with Gasteiger partial charge in [0.1, 0.15) is 5.69 Å². The molecule has 1 spiro atoms. The summed E-state index contributed by atoms with van der Waals surface area (Å²) in [6, 6.07) is -0.160. The highest BCUT2D eigenvalue weighted by molar-refractivity contribution is 7.09. The van der Waals surface area contributed by atoms with Crippen molar-refractivity contribution in [1.82, 2.24) is 14.8 Å². The third-order valence-electron chi connectivity index (χ3n) is 4.50. The molecular formula is C13H15N3O3S. The summed E-state index contributed by atoms with van der Waals surface area (Å²) < 4.78 is 5.87. The van der Waals surface area contributed by atoms with Crippen molar-refractivity contribution in [2.75, 3.05) is 19.7 Å². The molecule has 0 N–H and O–H groups in total. The molecule has 7 heteroatoms. The number of likely N-dealkylation sites (tertiary alicyclic amines) is 1. The molecule has 106 valence electrons. The number of hydrogen-bond acceptors (Lipinski definition) is 5. The van der Waals surface area contributed by atoms with Crippen molar-refractivity contribution in [3.8, 4) is 0 Å². The number of nitrogens with zero attached hydrogens (tertiary/aromatic N) is 3. The van der Waals surface area contributed by atoms with Gasteiger partial charge >= 0.3 is 0 Å². The van der Waals surface area contributed by atoms with Gasteiger partial charge in [0.15, 0.2) is 5.72 Å². The average Bonchev–Trinajstić information content (AvgIpc) is 3.13. The summed E-state index contributed by atoms with van der Waals surface area (Å²) in [7, 11) is 0. The zero-order valence-corrected chi connectivity index (χ0v) is 12.0. The quantitative estimate of drug-likeness (QED) is 0.762. The Morgan fingerprint density at radius 3 is 3.15 bits per heavy atom. The van der Waals surface area contributed by atoms with Crippen LogP contribution >= 0.6 is 11.3 Å². The Hall–Kier alpha value is -1.47. The van der Waals surface area contributed by atoms with Crippen molar-refractivity contribution in [3.05, 3.63) is 16.1 Å². The minimum atomic E-state index is -0.558. The van der Waals surface area contributed by atoms with E-state index in [4.69, 9.17) is 4.74 Å². The second-order valence-electron chi connectivity index (χ2n) is 5.46. The summed E-state index contributed by atoms with van der Waals surface area (Å²) in [6.07, 6.45) is 1.08. The molecule has 3 saturated heterocycles. The largest absolute Gasteiger partial charge is 0.351 e. The van der Waals surface area contributed by atoms with Gasteiger partial charge in [-0.1, -0.05) is 0 Å². The Morgan fingerprint density at radius 1 is 1.55 bits per heavy atom. The molecule has 6 nitrogen and oxygen atoms in total. The van der Waals surface area contributed by atoms with Crippen LogP contribution in [-0.4, -0.2) is 58.1 Å². The van der Waals surface area contributed by atoms with Crippen molar-refractivity contribution in [2.45, 2.75) is 31.5 Å². The summed E-state index contributed by atoms with van der Waals surface area (Å²) in [6.45, 7) is 3.73. The lowest BCUT2D eigenvalue weighted by molar-refractivity contribution is -0.136. The molecule has 0 aromatic carbocycles. The molecular weight excluding hydrogens is 278 g/mol. The number of carbonyl (C=O) groups is 2. The van der Waals surface area contributed by atoms with Crippen molar-refractivity contribution < 1.29 is 14.3 Å². The lowest BCUT2D eigenvalue weighted by Gasteiger charge is -2.31. The molecule has 0 saturated carbocycles. The normalized spacial score (nSPS) is 31.9. The average molecular weight is 293 g/mol. The second-order valence-corrected chi connectivity index (χ2v) is 6.52. The molecule has 1 aromatic rings. The number of thiazole rings is 1. The molecule has 1 aromatic heterocycles. The fourth-order valence-corrected chi connectivity index (χ4v) is 4.23. The Kier molecular flexibility index (Phi) is 2.47. The van der Waals surface area contributed by atoms with Gasteiger partial charge in [-0.05, 0) is 6.92 Å². The predicted molar refractivity (Wildman–Crippen MR) is 71.3 cm³/mol. The van der Waals surface area contributed by atoms with Gasteiger partial charge < -0.3 is 14.5 Å². The van der Waals surface area contributed by atoms with E-state index in [1.54, 1.807) is 10.3 Å². The third-order valence-corrected chi connectivity index (χ3v) is 5.27. The van der Waals surface area contributed by atoms with E-state index in [1.165, 1.54) is 11.3 Å². The van der Waals surface area contributed by atoms with Crippen molar-refractivity contribution in [3.63, 3.8) is 0 Å². The summed E-state index contributed by atoms with van der Waals surface area (Å²) in [5, 5.41) is 2.66. The Bertz CT molecular complexity index is 601. The molecule has 0 unspecified atom stereocenters. The van der Waals surface area contributed by atoms with Crippen LogP contribution in [0.1, 0.15) is 28.3 Å². The van der Waals surface area contributed by atoms with Gasteiger partial charge in [-0.2, -0.15) is 0 Å². The number of amides is 2. The highest BCUT2D eigenvalue weighted by atomic mass is 32.1. The lowest BCUT2D eigenvalue weighted by atomic mass is 10.1. The number of hydrogen-bond donors (Lipinski definition) is 0. The van der Waals surface area contributed by atoms with Gasteiger partial charge in [0.25, 0.3) is 5.91 Å². The molecule has 20 heavy (non-hydrogen) atoms. The number of aromatic nitrogens is 1. The minimum Gasteiger partial charge on any atom is -0.351 e. The van der Waals surface area contributed by atoms with Crippen LogP contribution in [-0.2, 0) is 9.53 Å². The van der Waals surface area contributed by atoms with E-state index >= 15 is 0 Å². The van der Waals surface area contributed by atoms with Crippen LogP contribution in [0.5, 0.6) is 0 Å². The molecule has 3 aliphatic rings. The maximum Gasteiger partial charge on any atom is 0.273 e. The van der Waals surface area contributed by atoms with Crippen LogP contribution in [0.3, 0.4) is 0 Å². The predicted octanol–water partition coefficient (Wildman–Crippen LogP) is 0.625. The standard InChI is InChI=1S/C13H15N3O3S/c1-8-14-9(7-20-8)12(18)15-3-2-13-10(15)6-11(17)16(13)4-5-19-13/h7,10H,2-6H2,1H3/t10-,13+/m1/s1. The zero-order chi connectivity index (χ0) is 13.9. The highest BCUT2D eigenvalue weighted by Gasteiger charge is 2.63. The van der Waals surface area contributed by atoms with Crippen molar-refractivity contribution in [2.24, 2.45) is 0 Å². The number of aryl methyl sites for hydroxylation is 1. The highest BCUT2D eigenvalue weighted by Crippen LogP contribution is 2.45. The van der Waals surface area contributed by atoms with Crippen LogP contribution in [0.2, 0.25) is 0 Å². The van der Waals surface area contributed by atoms with Crippen molar-refractivity contribution in [1.29, 1.82) is 0 Å². The molecule has 4 heterocycles. The first-order chi connectivity index (χ1) is 9.62. The van der Waals surface area contributed by atoms with Crippen LogP contribution in [0.4, 0.5) is 0 Å². The molecule has 4 rings (SSSR count). The van der Waals surface area contributed by atoms with Gasteiger partial charge in [-0.15, -0.1) is 11.3 Å². The van der Waals surface area contributed by atoms with E-state index in [1.807, 2.05) is 11.8 Å². The van der Waals surface area contributed by atoms with Gasteiger partial charge in [0, 0.05) is 24.9 Å². The van der Waals surface area contributed by atoms with E-state index in [-0.39, 0.29) is 17.9 Å². The van der Waals surface area contributed by atoms with E-state index in [9.17, 15) is 9.59 Å². The molecule has 3 aliphatic heterocycles. The second kappa shape index (κ2) is 4.02. The number of ether oxygens (including phenoxy) is 1. The third kappa shape index (κ3) is 1.44. The fraction of sp³-hybridized carbons (Fsp3) is 0.615. The number of rotatable bonds is 1. The lowest BCUT2D eigenvalue weighted by Crippen LogP contribution is -2.48. The first kappa shape index (κ1) is 12.3. The van der Waals surface area contributed by atoms with Gasteiger partial charge in [-0.25, -0.2) is 4.98 Å². The van der Waals surface area contributed by atoms with Crippen LogP contribution in [0, 0.1) is 6.92 Å². The Balaban J connectivity index is 1.65. The van der Waals surface area contributed by atoms with E-state index in [0.29, 0.717) is 38.2 Å². The summed E-state index contributed by atoms with van der Waals surface area (Å²) in [5.41, 5.74) is -0.0777. The van der Waals surface area contributed by atoms with Crippen LogP contribution in [0.25, 0.3) is 0 Å². The molecule has 2 atom stereocenters. The SMILES string of the molecule is Cc1nc(C(=O)N2CC[C@@]34OCCN3C(=O)C[C@@H]24)cs1. The minimum absolute atomic E-state index is 0.0821. The van der Waals surface area contributed by atoms with Gasteiger partial charge in [-0.3, -0.25) is 9.59 Å².